The summed E-state index contributed by atoms with van der Waals surface area (Å²) in [4.78, 5) is 0. The van der Waals surface area contributed by atoms with Gasteiger partial charge in [0.15, 0.2) is 0 Å². The number of anilines is 1. The molecule has 2 nitrogen and oxygen atoms in total. The van der Waals surface area contributed by atoms with E-state index in [0.717, 1.165) is 11.3 Å². The predicted octanol–water partition coefficient (Wildman–Crippen LogP) is 3.85. The quantitative estimate of drug-likeness (QED) is 0.878. The van der Waals surface area contributed by atoms with Crippen LogP contribution in [-0.2, 0) is 6.42 Å². The highest BCUT2D eigenvalue weighted by atomic mass is 35.5. The molecule has 1 atom stereocenters. The summed E-state index contributed by atoms with van der Waals surface area (Å²) in [5, 5.41) is 4.04. The molecule has 0 amide bonds. The van der Waals surface area contributed by atoms with E-state index >= 15 is 0 Å². The van der Waals surface area contributed by atoms with Crippen LogP contribution in [0.5, 0.6) is 0 Å². The van der Waals surface area contributed by atoms with Crippen molar-refractivity contribution >= 4 is 17.3 Å². The van der Waals surface area contributed by atoms with Crippen LogP contribution in [0.15, 0.2) is 48.5 Å². The summed E-state index contributed by atoms with van der Waals surface area (Å²) in [6.45, 7) is 2.47. The van der Waals surface area contributed by atoms with Crippen molar-refractivity contribution in [1.82, 2.24) is 0 Å². The second kappa shape index (κ2) is 6.25. The van der Waals surface area contributed by atoms with Crippen LogP contribution in [0.3, 0.4) is 0 Å². The van der Waals surface area contributed by atoms with Crippen molar-refractivity contribution < 1.29 is 4.39 Å². The van der Waals surface area contributed by atoms with Crippen LogP contribution in [0.1, 0.15) is 12.5 Å². The molecule has 3 N–H and O–H groups in total. The van der Waals surface area contributed by atoms with E-state index in [0.29, 0.717) is 18.0 Å². The summed E-state index contributed by atoms with van der Waals surface area (Å²) in [5.74, 6) is -0.234. The highest BCUT2D eigenvalue weighted by Gasteiger charge is 2.23. The maximum absolute atomic E-state index is 12.9. The number of rotatable bonds is 5. The molecule has 0 saturated carbocycles. The van der Waals surface area contributed by atoms with E-state index in [2.05, 4.69) is 5.32 Å². The molecule has 4 heteroatoms. The van der Waals surface area contributed by atoms with Gasteiger partial charge in [-0.05, 0) is 43.2 Å². The van der Waals surface area contributed by atoms with Crippen LogP contribution in [0.25, 0.3) is 0 Å². The SMILES string of the molecule is CC(CN)(Cc1ccc(F)cc1)Nc1ccccc1Cl. The van der Waals surface area contributed by atoms with Crippen LogP contribution in [0.2, 0.25) is 5.02 Å². The molecule has 0 bridgehead atoms. The van der Waals surface area contributed by atoms with Gasteiger partial charge < -0.3 is 11.1 Å². The molecular weight excluding hydrogens is 275 g/mol. The van der Waals surface area contributed by atoms with Gasteiger partial charge in [0, 0.05) is 6.54 Å². The molecule has 20 heavy (non-hydrogen) atoms. The summed E-state index contributed by atoms with van der Waals surface area (Å²) >= 11 is 6.16. The lowest BCUT2D eigenvalue weighted by atomic mass is 9.92. The standard InChI is InChI=1S/C16H18ClFN2/c1-16(11-19,10-12-6-8-13(18)9-7-12)20-15-5-3-2-4-14(15)17/h2-9,20H,10-11,19H2,1H3. The van der Waals surface area contributed by atoms with E-state index in [-0.39, 0.29) is 11.4 Å². The van der Waals surface area contributed by atoms with Gasteiger partial charge in [-0.1, -0.05) is 35.9 Å². The lowest BCUT2D eigenvalue weighted by Gasteiger charge is -2.31. The number of nitrogens with one attached hydrogen (secondary N) is 1. The van der Waals surface area contributed by atoms with Gasteiger partial charge in [0.1, 0.15) is 5.82 Å². The monoisotopic (exact) mass is 292 g/mol. The fourth-order valence-electron chi connectivity index (χ4n) is 2.11. The van der Waals surface area contributed by atoms with Gasteiger partial charge in [-0.3, -0.25) is 0 Å². The average molecular weight is 293 g/mol. The predicted molar refractivity (Wildman–Crippen MR) is 82.6 cm³/mol. The van der Waals surface area contributed by atoms with E-state index in [9.17, 15) is 4.39 Å². The fourth-order valence-corrected chi connectivity index (χ4v) is 2.29. The fraction of sp³-hybridized carbons (Fsp3) is 0.250. The van der Waals surface area contributed by atoms with Gasteiger partial charge in [-0.2, -0.15) is 0 Å². The van der Waals surface area contributed by atoms with E-state index < -0.39 is 0 Å². The first-order valence-electron chi connectivity index (χ1n) is 6.50. The van der Waals surface area contributed by atoms with Crippen molar-refractivity contribution in [3.8, 4) is 0 Å². The maximum atomic E-state index is 12.9. The van der Waals surface area contributed by atoms with Crippen LogP contribution in [0, 0.1) is 5.82 Å². The first kappa shape index (κ1) is 14.8. The summed E-state index contributed by atoms with van der Waals surface area (Å²) in [5.41, 5.74) is 7.44. The number of para-hydroxylation sites is 1. The molecule has 0 aromatic heterocycles. The first-order valence-corrected chi connectivity index (χ1v) is 6.87. The smallest absolute Gasteiger partial charge is 0.123 e. The Morgan fingerprint density at radius 1 is 1.15 bits per heavy atom. The molecule has 0 saturated heterocycles. The van der Waals surface area contributed by atoms with Crippen molar-refractivity contribution in [3.05, 3.63) is 64.9 Å². The lowest BCUT2D eigenvalue weighted by molar-refractivity contribution is 0.520. The summed E-state index contributed by atoms with van der Waals surface area (Å²) in [7, 11) is 0. The number of nitrogens with two attached hydrogens (primary N) is 1. The summed E-state index contributed by atoms with van der Waals surface area (Å²) in [6.07, 6.45) is 0.689. The molecule has 2 rings (SSSR count). The van der Waals surface area contributed by atoms with Gasteiger partial charge in [0.2, 0.25) is 0 Å². The molecule has 0 aliphatic heterocycles. The molecule has 0 heterocycles. The lowest BCUT2D eigenvalue weighted by Crippen LogP contribution is -2.44. The van der Waals surface area contributed by atoms with Gasteiger partial charge in [-0.25, -0.2) is 4.39 Å². The van der Waals surface area contributed by atoms with Crippen molar-refractivity contribution in [1.29, 1.82) is 0 Å². The zero-order valence-electron chi connectivity index (χ0n) is 11.4. The molecule has 0 spiro atoms. The average Bonchev–Trinajstić information content (AvgIpc) is 2.44. The Hall–Kier alpha value is -1.58. The molecule has 1 unspecified atom stereocenters. The number of halogens is 2. The van der Waals surface area contributed by atoms with Crippen LogP contribution in [-0.4, -0.2) is 12.1 Å². The molecular formula is C16H18ClFN2. The van der Waals surface area contributed by atoms with Crippen molar-refractivity contribution in [2.24, 2.45) is 5.73 Å². The largest absolute Gasteiger partial charge is 0.377 e. The Labute approximate surface area is 123 Å². The zero-order valence-corrected chi connectivity index (χ0v) is 12.1. The first-order chi connectivity index (χ1) is 9.52. The Kier molecular flexibility index (Phi) is 4.63. The van der Waals surface area contributed by atoms with E-state index in [1.54, 1.807) is 12.1 Å². The zero-order chi connectivity index (χ0) is 14.6. The van der Waals surface area contributed by atoms with Crippen LogP contribution >= 0.6 is 11.6 Å². The Balaban J connectivity index is 2.17. The third kappa shape index (κ3) is 3.71. The van der Waals surface area contributed by atoms with Gasteiger partial charge in [0.25, 0.3) is 0 Å². The highest BCUT2D eigenvalue weighted by Crippen LogP contribution is 2.25. The molecule has 106 valence electrons. The minimum absolute atomic E-state index is 0.234. The summed E-state index contributed by atoms with van der Waals surface area (Å²) < 4.78 is 12.9. The molecule has 2 aromatic carbocycles. The Morgan fingerprint density at radius 2 is 1.80 bits per heavy atom. The molecule has 0 radical (unpaired) electrons. The molecule has 0 fully saturated rings. The normalized spacial score (nSPS) is 13.8. The Bertz CT molecular complexity index is 571. The van der Waals surface area contributed by atoms with Gasteiger partial charge in [0.05, 0.1) is 16.2 Å². The second-order valence-corrected chi connectivity index (χ2v) is 5.58. The van der Waals surface area contributed by atoms with Crippen molar-refractivity contribution in [2.75, 3.05) is 11.9 Å². The maximum Gasteiger partial charge on any atom is 0.123 e. The number of hydrogen-bond acceptors (Lipinski definition) is 2. The van der Waals surface area contributed by atoms with Crippen LogP contribution < -0.4 is 11.1 Å². The Morgan fingerprint density at radius 3 is 2.40 bits per heavy atom. The minimum atomic E-state index is -0.344. The third-order valence-electron chi connectivity index (χ3n) is 3.27. The molecule has 0 aliphatic rings. The van der Waals surface area contributed by atoms with E-state index in [1.807, 2.05) is 31.2 Å². The van der Waals surface area contributed by atoms with Crippen LogP contribution in [0.4, 0.5) is 10.1 Å². The van der Waals surface area contributed by atoms with E-state index in [1.165, 1.54) is 12.1 Å². The molecule has 0 aliphatic carbocycles. The van der Waals surface area contributed by atoms with Gasteiger partial charge in [-0.15, -0.1) is 0 Å². The number of benzene rings is 2. The topological polar surface area (TPSA) is 38.0 Å². The van der Waals surface area contributed by atoms with E-state index in [4.69, 9.17) is 17.3 Å². The third-order valence-corrected chi connectivity index (χ3v) is 3.60. The van der Waals surface area contributed by atoms with Crippen molar-refractivity contribution in [2.45, 2.75) is 18.9 Å². The van der Waals surface area contributed by atoms with Crippen molar-refractivity contribution in [3.63, 3.8) is 0 Å². The second-order valence-electron chi connectivity index (χ2n) is 5.17. The number of hydrogen-bond donors (Lipinski definition) is 2. The highest BCUT2D eigenvalue weighted by molar-refractivity contribution is 6.33. The minimum Gasteiger partial charge on any atom is -0.377 e. The van der Waals surface area contributed by atoms with Gasteiger partial charge >= 0.3 is 0 Å². The molecule has 2 aromatic rings. The summed E-state index contributed by atoms with van der Waals surface area (Å²) in [6, 6.07) is 14.0.